The van der Waals surface area contributed by atoms with Gasteiger partial charge in [-0.15, -0.1) is 0 Å². The van der Waals surface area contributed by atoms with E-state index in [0.29, 0.717) is 24.8 Å². The first-order valence-corrected chi connectivity index (χ1v) is 8.53. The van der Waals surface area contributed by atoms with Gasteiger partial charge in [0.05, 0.1) is 25.9 Å². The van der Waals surface area contributed by atoms with E-state index in [0.717, 1.165) is 17.7 Å². The molecule has 0 bridgehead atoms. The summed E-state index contributed by atoms with van der Waals surface area (Å²) in [4.78, 5) is 16.3. The number of guanidine groups is 1. The number of hydrogen-bond acceptors (Lipinski definition) is 3. The molecule has 1 amide bonds. The molecule has 0 aliphatic heterocycles. The number of halogens is 3. The van der Waals surface area contributed by atoms with Crippen LogP contribution in [0.5, 0.6) is 5.75 Å². The molecule has 2 rings (SSSR count). The molecule has 2 aromatic rings. The average molecular weight is 394 g/mol. The molecular weight excluding hydrogens is 373 g/mol. The van der Waals surface area contributed by atoms with Crippen molar-refractivity contribution < 1.29 is 22.7 Å². The van der Waals surface area contributed by atoms with Gasteiger partial charge in [0.1, 0.15) is 5.75 Å². The van der Waals surface area contributed by atoms with Crippen molar-refractivity contribution in [2.45, 2.75) is 13.5 Å². The maximum Gasteiger partial charge on any atom is 0.243 e. The molecule has 28 heavy (non-hydrogen) atoms. The summed E-state index contributed by atoms with van der Waals surface area (Å²) in [6.07, 6.45) is 0. The topological polar surface area (TPSA) is 74.8 Å². The zero-order valence-corrected chi connectivity index (χ0v) is 15.5. The van der Waals surface area contributed by atoms with Gasteiger partial charge < -0.3 is 20.7 Å². The normalized spacial score (nSPS) is 11.1. The van der Waals surface area contributed by atoms with Gasteiger partial charge in [0.25, 0.3) is 0 Å². The van der Waals surface area contributed by atoms with E-state index in [1.807, 2.05) is 31.2 Å². The Morgan fingerprint density at radius 3 is 2.61 bits per heavy atom. The van der Waals surface area contributed by atoms with Crippen LogP contribution in [0.1, 0.15) is 12.5 Å². The molecule has 6 nitrogen and oxygen atoms in total. The zero-order valence-electron chi connectivity index (χ0n) is 15.5. The molecular formula is C19H21F3N4O2. The Morgan fingerprint density at radius 1 is 1.11 bits per heavy atom. The fraction of sp³-hybridized carbons (Fsp3) is 0.263. The summed E-state index contributed by atoms with van der Waals surface area (Å²) in [6, 6.07) is 9.07. The minimum atomic E-state index is -1.64. The molecule has 0 unspecified atom stereocenters. The van der Waals surface area contributed by atoms with Crippen LogP contribution in [-0.2, 0) is 11.3 Å². The zero-order chi connectivity index (χ0) is 20.5. The van der Waals surface area contributed by atoms with Gasteiger partial charge in [-0.2, -0.15) is 0 Å². The number of ether oxygens (including phenoxy) is 1. The Balaban J connectivity index is 1.96. The summed E-state index contributed by atoms with van der Waals surface area (Å²) < 4.78 is 44.9. The Morgan fingerprint density at radius 2 is 1.89 bits per heavy atom. The number of nitrogens with zero attached hydrogens (tertiary/aromatic N) is 1. The number of amides is 1. The van der Waals surface area contributed by atoms with Gasteiger partial charge in [0, 0.05) is 6.54 Å². The minimum Gasteiger partial charge on any atom is -0.497 e. The number of anilines is 1. The largest absolute Gasteiger partial charge is 0.497 e. The van der Waals surface area contributed by atoms with Crippen LogP contribution in [-0.4, -0.2) is 32.1 Å². The first-order chi connectivity index (χ1) is 13.4. The smallest absolute Gasteiger partial charge is 0.243 e. The number of carbonyl (C=O) groups is 1. The van der Waals surface area contributed by atoms with Crippen molar-refractivity contribution in [2.75, 3.05) is 25.5 Å². The SMILES string of the molecule is CCNC(=NCc1cccc(OC)c1)NCC(=O)Nc1ccc(F)c(F)c1F. The molecule has 2 aromatic carbocycles. The van der Waals surface area contributed by atoms with Crippen molar-refractivity contribution in [3.8, 4) is 5.75 Å². The van der Waals surface area contributed by atoms with Crippen LogP contribution >= 0.6 is 0 Å². The second kappa shape index (κ2) is 10.2. The van der Waals surface area contributed by atoms with Gasteiger partial charge in [0.15, 0.2) is 23.4 Å². The monoisotopic (exact) mass is 394 g/mol. The predicted molar refractivity (Wildman–Crippen MR) is 101 cm³/mol. The van der Waals surface area contributed by atoms with E-state index in [9.17, 15) is 18.0 Å². The van der Waals surface area contributed by atoms with Gasteiger partial charge in [-0.1, -0.05) is 12.1 Å². The van der Waals surface area contributed by atoms with Crippen molar-refractivity contribution in [1.82, 2.24) is 10.6 Å². The van der Waals surface area contributed by atoms with Crippen LogP contribution in [0, 0.1) is 17.5 Å². The predicted octanol–water partition coefficient (Wildman–Crippen LogP) is 2.81. The Labute approximate surface area is 160 Å². The van der Waals surface area contributed by atoms with E-state index in [2.05, 4.69) is 20.9 Å². The molecule has 0 spiro atoms. The molecule has 0 radical (unpaired) electrons. The fourth-order valence-corrected chi connectivity index (χ4v) is 2.26. The molecule has 0 saturated heterocycles. The first kappa shape index (κ1) is 21.1. The van der Waals surface area contributed by atoms with Crippen molar-refractivity contribution in [1.29, 1.82) is 0 Å². The lowest BCUT2D eigenvalue weighted by Gasteiger charge is -2.12. The van der Waals surface area contributed by atoms with E-state index in [1.54, 1.807) is 7.11 Å². The van der Waals surface area contributed by atoms with Crippen molar-refractivity contribution in [3.05, 3.63) is 59.4 Å². The van der Waals surface area contributed by atoms with Crippen molar-refractivity contribution >= 4 is 17.6 Å². The Bertz CT molecular complexity index is 859. The Kier molecular flexibility index (Phi) is 7.67. The van der Waals surface area contributed by atoms with E-state index < -0.39 is 29.0 Å². The second-order valence-corrected chi connectivity index (χ2v) is 5.67. The van der Waals surface area contributed by atoms with Crippen LogP contribution in [0.25, 0.3) is 0 Å². The van der Waals surface area contributed by atoms with Crippen LogP contribution in [0.4, 0.5) is 18.9 Å². The highest BCUT2D eigenvalue weighted by molar-refractivity contribution is 5.95. The number of nitrogens with one attached hydrogen (secondary N) is 3. The molecule has 0 aromatic heterocycles. The lowest BCUT2D eigenvalue weighted by molar-refractivity contribution is -0.115. The molecule has 9 heteroatoms. The maximum absolute atomic E-state index is 13.6. The van der Waals surface area contributed by atoms with Crippen LogP contribution < -0.4 is 20.7 Å². The summed E-state index contributed by atoms with van der Waals surface area (Å²) in [7, 11) is 1.57. The third-order valence-corrected chi connectivity index (χ3v) is 3.62. The highest BCUT2D eigenvalue weighted by atomic mass is 19.2. The van der Waals surface area contributed by atoms with E-state index in [4.69, 9.17) is 4.74 Å². The third kappa shape index (κ3) is 5.90. The molecule has 0 aliphatic rings. The van der Waals surface area contributed by atoms with Crippen LogP contribution in [0.2, 0.25) is 0 Å². The van der Waals surface area contributed by atoms with Gasteiger partial charge in [0.2, 0.25) is 5.91 Å². The standard InChI is InChI=1S/C19H21F3N4O2/c1-3-23-19(24-10-12-5-4-6-13(9-12)28-2)25-11-16(27)26-15-8-7-14(20)17(21)18(15)22/h4-9H,3,10-11H2,1-2H3,(H,26,27)(H2,23,24,25). The second-order valence-electron chi connectivity index (χ2n) is 5.67. The number of hydrogen-bond donors (Lipinski definition) is 3. The van der Waals surface area contributed by atoms with Gasteiger partial charge in [-0.05, 0) is 36.8 Å². The summed E-state index contributed by atoms with van der Waals surface area (Å²) in [5.41, 5.74) is 0.467. The number of rotatable bonds is 7. The minimum absolute atomic E-state index is 0.248. The average Bonchev–Trinajstić information content (AvgIpc) is 2.70. The molecule has 0 aliphatic carbocycles. The first-order valence-electron chi connectivity index (χ1n) is 8.53. The highest BCUT2D eigenvalue weighted by Crippen LogP contribution is 2.19. The van der Waals surface area contributed by atoms with Gasteiger partial charge in [-0.25, -0.2) is 18.2 Å². The number of benzene rings is 2. The summed E-state index contributed by atoms with van der Waals surface area (Å²) in [5.74, 6) is -3.99. The molecule has 3 N–H and O–H groups in total. The maximum atomic E-state index is 13.6. The van der Waals surface area contributed by atoms with E-state index >= 15 is 0 Å². The van der Waals surface area contributed by atoms with Crippen molar-refractivity contribution in [3.63, 3.8) is 0 Å². The molecule has 0 atom stereocenters. The highest BCUT2D eigenvalue weighted by Gasteiger charge is 2.15. The molecule has 0 heterocycles. The van der Waals surface area contributed by atoms with Crippen LogP contribution in [0.15, 0.2) is 41.4 Å². The third-order valence-electron chi connectivity index (χ3n) is 3.62. The lowest BCUT2D eigenvalue weighted by Crippen LogP contribution is -2.41. The Hall–Kier alpha value is -3.23. The summed E-state index contributed by atoms with van der Waals surface area (Å²) in [6.45, 7) is 2.51. The van der Waals surface area contributed by atoms with Crippen LogP contribution in [0.3, 0.4) is 0 Å². The number of carbonyl (C=O) groups excluding carboxylic acids is 1. The van der Waals surface area contributed by atoms with Crippen molar-refractivity contribution in [2.24, 2.45) is 4.99 Å². The molecule has 0 fully saturated rings. The fourth-order valence-electron chi connectivity index (χ4n) is 2.26. The number of methoxy groups -OCH3 is 1. The van der Waals surface area contributed by atoms with E-state index in [1.165, 1.54) is 0 Å². The van der Waals surface area contributed by atoms with E-state index in [-0.39, 0.29) is 6.54 Å². The molecule has 0 saturated carbocycles. The lowest BCUT2D eigenvalue weighted by atomic mass is 10.2. The summed E-state index contributed by atoms with van der Waals surface area (Å²) in [5, 5.41) is 7.95. The summed E-state index contributed by atoms with van der Waals surface area (Å²) >= 11 is 0. The quantitative estimate of drug-likeness (QED) is 0.384. The molecule has 150 valence electrons. The van der Waals surface area contributed by atoms with Gasteiger partial charge >= 0.3 is 0 Å². The number of aliphatic imine (C=N–C) groups is 1. The van der Waals surface area contributed by atoms with Gasteiger partial charge in [-0.3, -0.25) is 4.79 Å².